The largest absolute Gasteiger partial charge is 0.377 e. The lowest BCUT2D eigenvalue weighted by atomic mass is 10.0. The van der Waals surface area contributed by atoms with Crippen LogP contribution < -0.4 is 4.90 Å². The zero-order chi connectivity index (χ0) is 22.2. The van der Waals surface area contributed by atoms with Gasteiger partial charge in [0.05, 0.1) is 30.6 Å². The van der Waals surface area contributed by atoms with Crippen LogP contribution in [0.1, 0.15) is 50.1 Å². The van der Waals surface area contributed by atoms with Gasteiger partial charge in [-0.15, -0.1) is 0 Å². The van der Waals surface area contributed by atoms with Gasteiger partial charge >= 0.3 is 0 Å². The van der Waals surface area contributed by atoms with E-state index in [1.165, 1.54) is 0 Å². The molecule has 2 aliphatic heterocycles. The topological polar surface area (TPSA) is 71.5 Å². The van der Waals surface area contributed by atoms with Gasteiger partial charge in [0.1, 0.15) is 5.82 Å². The lowest BCUT2D eigenvalue weighted by Crippen LogP contribution is -2.44. The number of morpholine rings is 1. The first kappa shape index (κ1) is 21.1. The van der Waals surface area contributed by atoms with E-state index in [1.807, 2.05) is 31.0 Å². The molecule has 2 aromatic rings. The molecule has 1 amide bonds. The van der Waals surface area contributed by atoms with Crippen LogP contribution in [-0.4, -0.2) is 64.6 Å². The van der Waals surface area contributed by atoms with Crippen molar-refractivity contribution < 1.29 is 9.53 Å². The average Bonchev–Trinajstić information content (AvgIpc) is 3.48. The molecule has 168 valence electrons. The molecule has 0 radical (unpaired) electrons. The number of carbonyl (C=O) groups is 1. The molecule has 1 aliphatic carbocycles. The molecule has 2 saturated heterocycles. The molecule has 7 nitrogen and oxygen atoms in total. The van der Waals surface area contributed by atoms with Gasteiger partial charge in [-0.2, -0.15) is 0 Å². The predicted molar refractivity (Wildman–Crippen MR) is 124 cm³/mol. The summed E-state index contributed by atoms with van der Waals surface area (Å²) in [6, 6.07) is 4.41. The summed E-state index contributed by atoms with van der Waals surface area (Å²) in [7, 11) is 0. The standard InChI is InChI=1S/C25H31N5O2/c1-16(2)25(31)29-10-8-18(14-29)22-13-23(30-11-12-32-15-17(30)3)28-24(27-22)20-7-9-26-21-6-4-5-19(20)21/h4-5,7,9,13,16-18H,6,8,10-12,14-15H2,1-3H3/t17-,18+/m1/s1. The summed E-state index contributed by atoms with van der Waals surface area (Å²) in [5.74, 6) is 2.16. The van der Waals surface area contributed by atoms with Crippen molar-refractivity contribution in [2.45, 2.75) is 45.6 Å². The minimum Gasteiger partial charge on any atom is -0.377 e. The third-order valence-corrected chi connectivity index (χ3v) is 6.72. The van der Waals surface area contributed by atoms with E-state index in [-0.39, 0.29) is 23.8 Å². The molecule has 2 atom stereocenters. The first-order valence-electron chi connectivity index (χ1n) is 11.7. The molecule has 0 spiro atoms. The number of hydrogen-bond donors (Lipinski definition) is 0. The molecule has 32 heavy (non-hydrogen) atoms. The highest BCUT2D eigenvalue weighted by atomic mass is 16.5. The predicted octanol–water partition coefficient (Wildman–Crippen LogP) is 3.30. The van der Waals surface area contributed by atoms with Gasteiger partial charge in [0.2, 0.25) is 5.91 Å². The zero-order valence-electron chi connectivity index (χ0n) is 19.1. The molecule has 0 unspecified atom stereocenters. The molecule has 2 fully saturated rings. The van der Waals surface area contributed by atoms with Crippen LogP contribution in [0.4, 0.5) is 5.82 Å². The summed E-state index contributed by atoms with van der Waals surface area (Å²) in [5, 5.41) is 0. The highest BCUT2D eigenvalue weighted by Gasteiger charge is 2.31. The summed E-state index contributed by atoms with van der Waals surface area (Å²) in [6.45, 7) is 9.83. The van der Waals surface area contributed by atoms with Crippen molar-refractivity contribution in [3.63, 3.8) is 0 Å². The molecular weight excluding hydrogens is 402 g/mol. The molecule has 7 heteroatoms. The fourth-order valence-electron chi connectivity index (χ4n) is 4.91. The van der Waals surface area contributed by atoms with E-state index in [1.54, 1.807) is 0 Å². The van der Waals surface area contributed by atoms with E-state index >= 15 is 0 Å². The van der Waals surface area contributed by atoms with E-state index in [0.717, 1.165) is 66.6 Å². The van der Waals surface area contributed by atoms with Gasteiger partial charge in [-0.3, -0.25) is 9.78 Å². The molecule has 0 bridgehead atoms. The number of amides is 1. The van der Waals surface area contributed by atoms with E-state index in [9.17, 15) is 4.79 Å². The number of allylic oxidation sites excluding steroid dienone is 1. The number of pyridine rings is 1. The Hall–Kier alpha value is -2.80. The fourth-order valence-corrected chi connectivity index (χ4v) is 4.91. The van der Waals surface area contributed by atoms with Crippen molar-refractivity contribution in [1.29, 1.82) is 0 Å². The van der Waals surface area contributed by atoms with Crippen molar-refractivity contribution in [2.24, 2.45) is 5.92 Å². The molecule has 5 rings (SSSR count). The Morgan fingerprint density at radius 1 is 1.25 bits per heavy atom. The lowest BCUT2D eigenvalue weighted by Gasteiger charge is -2.34. The van der Waals surface area contributed by atoms with Gasteiger partial charge in [-0.1, -0.05) is 26.0 Å². The molecule has 0 N–H and O–H groups in total. The highest BCUT2D eigenvalue weighted by Crippen LogP contribution is 2.34. The number of fused-ring (bicyclic) bond motifs is 1. The Labute approximate surface area is 189 Å². The van der Waals surface area contributed by atoms with Crippen LogP contribution in [0.5, 0.6) is 0 Å². The van der Waals surface area contributed by atoms with Gasteiger partial charge < -0.3 is 14.5 Å². The van der Waals surface area contributed by atoms with Crippen molar-refractivity contribution in [1.82, 2.24) is 19.9 Å². The third kappa shape index (κ3) is 3.90. The smallest absolute Gasteiger partial charge is 0.225 e. The van der Waals surface area contributed by atoms with Crippen molar-refractivity contribution in [3.8, 4) is 11.4 Å². The minimum absolute atomic E-state index is 0.0191. The molecule has 4 heterocycles. The van der Waals surface area contributed by atoms with Crippen LogP contribution >= 0.6 is 0 Å². The molecule has 2 aromatic heterocycles. The Bertz CT molecular complexity index is 1050. The van der Waals surface area contributed by atoms with E-state index < -0.39 is 0 Å². The number of anilines is 1. The summed E-state index contributed by atoms with van der Waals surface area (Å²) in [5.41, 5.74) is 4.25. The Morgan fingerprint density at radius 3 is 2.94 bits per heavy atom. The molecule has 0 saturated carbocycles. The maximum Gasteiger partial charge on any atom is 0.225 e. The van der Waals surface area contributed by atoms with Gasteiger partial charge in [-0.05, 0) is 19.4 Å². The van der Waals surface area contributed by atoms with Crippen LogP contribution in [0.2, 0.25) is 0 Å². The van der Waals surface area contributed by atoms with Crippen LogP contribution in [-0.2, 0) is 16.0 Å². The summed E-state index contributed by atoms with van der Waals surface area (Å²) in [6.07, 6.45) is 7.91. The van der Waals surface area contributed by atoms with E-state index in [2.05, 4.69) is 35.0 Å². The van der Waals surface area contributed by atoms with Crippen LogP contribution in [0.3, 0.4) is 0 Å². The van der Waals surface area contributed by atoms with Gasteiger partial charge in [0, 0.05) is 61.3 Å². The molecule has 3 aliphatic rings. The number of likely N-dealkylation sites (tertiary alicyclic amines) is 1. The second-order valence-electron chi connectivity index (χ2n) is 9.34. The van der Waals surface area contributed by atoms with Crippen LogP contribution in [0.15, 0.2) is 24.4 Å². The number of rotatable bonds is 4. The van der Waals surface area contributed by atoms with Crippen molar-refractivity contribution in [2.75, 3.05) is 37.7 Å². The average molecular weight is 434 g/mol. The number of hydrogen-bond acceptors (Lipinski definition) is 6. The molecule has 0 aromatic carbocycles. The Morgan fingerprint density at radius 2 is 2.12 bits per heavy atom. The monoisotopic (exact) mass is 433 g/mol. The van der Waals surface area contributed by atoms with Crippen LogP contribution in [0.25, 0.3) is 17.5 Å². The lowest BCUT2D eigenvalue weighted by molar-refractivity contribution is -0.133. The number of ether oxygens (including phenoxy) is 1. The summed E-state index contributed by atoms with van der Waals surface area (Å²) in [4.78, 5) is 31.5. The van der Waals surface area contributed by atoms with E-state index in [0.29, 0.717) is 13.2 Å². The second kappa shape index (κ2) is 8.62. The van der Waals surface area contributed by atoms with Crippen molar-refractivity contribution >= 4 is 17.8 Å². The van der Waals surface area contributed by atoms with Gasteiger partial charge in [-0.25, -0.2) is 9.97 Å². The minimum atomic E-state index is 0.0191. The second-order valence-corrected chi connectivity index (χ2v) is 9.34. The maximum atomic E-state index is 12.6. The van der Waals surface area contributed by atoms with Gasteiger partial charge in [0.25, 0.3) is 0 Å². The highest BCUT2D eigenvalue weighted by molar-refractivity contribution is 5.78. The van der Waals surface area contributed by atoms with Crippen molar-refractivity contribution in [3.05, 3.63) is 41.4 Å². The quantitative estimate of drug-likeness (QED) is 0.737. The maximum absolute atomic E-state index is 12.6. The summed E-state index contributed by atoms with van der Waals surface area (Å²) >= 11 is 0. The zero-order valence-corrected chi connectivity index (χ0v) is 19.1. The normalized spacial score (nSPS) is 22.6. The number of nitrogens with zero attached hydrogens (tertiary/aromatic N) is 5. The van der Waals surface area contributed by atoms with Gasteiger partial charge in [0.15, 0.2) is 5.82 Å². The first-order chi connectivity index (χ1) is 15.5. The SMILES string of the molecule is CC(C)C(=O)N1CC[C@H](c2cc(N3CCOC[C@H]3C)nc(-c3ccnc4c3C=CC4)n2)C1. The number of aromatic nitrogens is 3. The third-order valence-electron chi connectivity index (χ3n) is 6.72. The number of carbonyl (C=O) groups excluding carboxylic acids is 1. The summed E-state index contributed by atoms with van der Waals surface area (Å²) < 4.78 is 5.66. The van der Waals surface area contributed by atoms with E-state index in [4.69, 9.17) is 14.7 Å². The fraction of sp³-hybridized carbons (Fsp3) is 0.520. The molecular formula is C25H31N5O2. The Kier molecular flexibility index (Phi) is 5.67. The van der Waals surface area contributed by atoms with Crippen LogP contribution in [0, 0.1) is 5.92 Å². The first-order valence-corrected chi connectivity index (χ1v) is 11.7. The Balaban J connectivity index is 1.55.